The van der Waals surface area contributed by atoms with E-state index in [0.29, 0.717) is 12.1 Å². The fourth-order valence-electron chi connectivity index (χ4n) is 2.29. The molecular formula is C18H17F3N2O5S. The Bertz CT molecular complexity index is 1060. The number of carbonyl (C=O) groups is 2. The predicted molar refractivity (Wildman–Crippen MR) is 97.1 cm³/mol. The van der Waals surface area contributed by atoms with Crippen LogP contribution < -0.4 is 5.32 Å². The molecule has 11 heteroatoms. The lowest BCUT2D eigenvalue weighted by Crippen LogP contribution is -2.17. The summed E-state index contributed by atoms with van der Waals surface area (Å²) in [6, 6.07) is 3.05. The second-order valence-corrected chi connectivity index (χ2v) is 7.92. The zero-order chi connectivity index (χ0) is 21.8. The van der Waals surface area contributed by atoms with Gasteiger partial charge in [-0.25, -0.2) is 26.6 Å². The Labute approximate surface area is 164 Å². The van der Waals surface area contributed by atoms with Crippen LogP contribution in [0.1, 0.15) is 30.6 Å². The third-order valence-corrected chi connectivity index (χ3v) is 5.35. The third kappa shape index (κ3) is 5.31. The van der Waals surface area contributed by atoms with E-state index in [9.17, 15) is 31.2 Å². The van der Waals surface area contributed by atoms with E-state index >= 15 is 0 Å². The number of pyridine rings is 1. The fraction of sp³-hybridized carbons (Fsp3) is 0.278. The molecule has 0 aliphatic carbocycles. The van der Waals surface area contributed by atoms with Crippen LogP contribution in [0.25, 0.3) is 0 Å². The number of esters is 1. The van der Waals surface area contributed by atoms with Gasteiger partial charge in [-0.1, -0.05) is 6.92 Å². The van der Waals surface area contributed by atoms with Gasteiger partial charge in [-0.2, -0.15) is 0 Å². The molecule has 0 radical (unpaired) electrons. The highest BCUT2D eigenvalue weighted by Crippen LogP contribution is 2.27. The summed E-state index contributed by atoms with van der Waals surface area (Å²) in [6.07, 6.45) is -0.768. The van der Waals surface area contributed by atoms with E-state index < -0.39 is 67.6 Å². The fourth-order valence-corrected chi connectivity index (χ4v) is 3.15. The molecule has 1 aromatic carbocycles. The van der Waals surface area contributed by atoms with E-state index in [0.717, 1.165) is 12.1 Å². The van der Waals surface area contributed by atoms with Gasteiger partial charge in [0.15, 0.2) is 26.5 Å². The monoisotopic (exact) mass is 430 g/mol. The molecule has 0 bridgehead atoms. The zero-order valence-corrected chi connectivity index (χ0v) is 16.3. The van der Waals surface area contributed by atoms with Gasteiger partial charge < -0.3 is 10.1 Å². The van der Waals surface area contributed by atoms with Crippen molar-refractivity contribution in [2.24, 2.45) is 0 Å². The first-order valence-corrected chi connectivity index (χ1v) is 10.1. The van der Waals surface area contributed by atoms with Crippen molar-refractivity contribution >= 4 is 33.1 Å². The maximum absolute atomic E-state index is 14.4. The quantitative estimate of drug-likeness (QED) is 0.390. The Kier molecular flexibility index (Phi) is 6.96. The summed E-state index contributed by atoms with van der Waals surface area (Å²) in [7, 11) is -4.12. The molecule has 29 heavy (non-hydrogen) atoms. The number of carbonyl (C=O) groups excluding carboxylic acids is 2. The minimum absolute atomic E-state index is 0.0122. The summed E-state index contributed by atoms with van der Waals surface area (Å²) in [5.41, 5.74) is -0.829. The van der Waals surface area contributed by atoms with Crippen LogP contribution in [0.2, 0.25) is 0 Å². The number of anilines is 2. The van der Waals surface area contributed by atoms with Crippen molar-refractivity contribution in [3.63, 3.8) is 0 Å². The summed E-state index contributed by atoms with van der Waals surface area (Å²) >= 11 is 0. The summed E-state index contributed by atoms with van der Waals surface area (Å²) in [4.78, 5) is 27.6. The Balaban J connectivity index is 2.58. The predicted octanol–water partition coefficient (Wildman–Crippen LogP) is 3.17. The number of hydrogen-bond acceptors (Lipinski definition) is 7. The Hall–Kier alpha value is -2.95. The first kappa shape index (κ1) is 22.3. The molecule has 0 unspecified atom stereocenters. The van der Waals surface area contributed by atoms with Gasteiger partial charge in [-0.05, 0) is 25.1 Å². The maximum atomic E-state index is 14.4. The van der Waals surface area contributed by atoms with Gasteiger partial charge in [0.25, 0.3) is 0 Å². The second-order valence-electron chi connectivity index (χ2n) is 5.73. The van der Waals surface area contributed by atoms with Crippen molar-refractivity contribution in [1.82, 2.24) is 4.98 Å². The van der Waals surface area contributed by atoms with Crippen molar-refractivity contribution in [2.45, 2.75) is 25.3 Å². The van der Waals surface area contributed by atoms with Gasteiger partial charge in [0.05, 0.1) is 23.6 Å². The Morgan fingerprint density at radius 1 is 1.10 bits per heavy atom. The molecule has 1 heterocycles. The van der Waals surface area contributed by atoms with Gasteiger partial charge in [0.1, 0.15) is 23.9 Å². The first-order chi connectivity index (χ1) is 13.6. The van der Waals surface area contributed by atoms with Gasteiger partial charge in [-0.3, -0.25) is 9.59 Å². The number of sulfone groups is 1. The van der Waals surface area contributed by atoms with Gasteiger partial charge >= 0.3 is 5.97 Å². The largest absolute Gasteiger partial charge is 0.466 e. The number of ether oxygens (including phenoxy) is 1. The SMILES string of the molecule is CCOC(=O)CC(=O)c1cc(F)c(S(=O)(=O)CC)nc1Nc1ccc(F)cc1F. The summed E-state index contributed by atoms with van der Waals surface area (Å²) < 4.78 is 70.3. The van der Waals surface area contributed by atoms with Crippen molar-refractivity contribution in [1.29, 1.82) is 0 Å². The number of halogens is 3. The number of benzene rings is 1. The highest BCUT2D eigenvalue weighted by molar-refractivity contribution is 7.91. The molecule has 156 valence electrons. The Morgan fingerprint density at radius 2 is 1.79 bits per heavy atom. The van der Waals surface area contributed by atoms with Crippen LogP contribution in [0.15, 0.2) is 29.3 Å². The van der Waals surface area contributed by atoms with Crippen molar-refractivity contribution < 1.29 is 35.9 Å². The zero-order valence-electron chi connectivity index (χ0n) is 15.5. The first-order valence-electron chi connectivity index (χ1n) is 8.43. The highest BCUT2D eigenvalue weighted by atomic mass is 32.2. The molecule has 0 fully saturated rings. The number of hydrogen-bond donors (Lipinski definition) is 1. The lowest BCUT2D eigenvalue weighted by Gasteiger charge is -2.13. The molecule has 0 saturated heterocycles. The second kappa shape index (κ2) is 9.03. The number of Topliss-reactive ketones (excluding diaryl/α,β-unsaturated/α-hetero) is 1. The summed E-state index contributed by atoms with van der Waals surface area (Å²) in [5.74, 6) is -6.02. The van der Waals surface area contributed by atoms with Crippen LogP contribution >= 0.6 is 0 Å². The molecule has 2 rings (SSSR count). The van der Waals surface area contributed by atoms with E-state index in [4.69, 9.17) is 0 Å². The van der Waals surface area contributed by atoms with Crippen LogP contribution in [-0.2, 0) is 19.4 Å². The minimum atomic E-state index is -4.12. The molecule has 7 nitrogen and oxygen atoms in total. The van der Waals surface area contributed by atoms with Crippen LogP contribution in [0.4, 0.5) is 24.7 Å². The normalized spacial score (nSPS) is 11.2. The molecular weight excluding hydrogens is 413 g/mol. The molecule has 0 amide bonds. The van der Waals surface area contributed by atoms with E-state index in [1.165, 1.54) is 13.8 Å². The molecule has 1 aromatic heterocycles. The number of nitrogens with one attached hydrogen (secondary N) is 1. The Morgan fingerprint density at radius 3 is 2.38 bits per heavy atom. The average molecular weight is 430 g/mol. The van der Waals surface area contributed by atoms with E-state index in [-0.39, 0.29) is 12.3 Å². The molecule has 0 aliphatic rings. The van der Waals surface area contributed by atoms with Gasteiger partial charge in [0.2, 0.25) is 0 Å². The number of rotatable bonds is 8. The third-order valence-electron chi connectivity index (χ3n) is 3.71. The lowest BCUT2D eigenvalue weighted by atomic mass is 10.1. The molecule has 2 aromatic rings. The van der Waals surface area contributed by atoms with E-state index in [1.54, 1.807) is 0 Å². The van der Waals surface area contributed by atoms with Crippen molar-refractivity contribution in [3.8, 4) is 0 Å². The molecule has 0 aliphatic heterocycles. The molecule has 0 saturated carbocycles. The van der Waals surface area contributed by atoms with Gasteiger partial charge in [-0.15, -0.1) is 0 Å². The summed E-state index contributed by atoms with van der Waals surface area (Å²) in [5, 5.41) is 1.41. The number of ketones is 1. The minimum Gasteiger partial charge on any atom is -0.466 e. The average Bonchev–Trinajstić information content (AvgIpc) is 2.64. The smallest absolute Gasteiger partial charge is 0.313 e. The van der Waals surface area contributed by atoms with E-state index in [2.05, 4.69) is 15.0 Å². The number of aromatic nitrogens is 1. The highest BCUT2D eigenvalue weighted by Gasteiger charge is 2.26. The molecule has 0 atom stereocenters. The maximum Gasteiger partial charge on any atom is 0.313 e. The number of nitrogens with zero attached hydrogens (tertiary/aromatic N) is 1. The van der Waals surface area contributed by atoms with E-state index in [1.807, 2.05) is 0 Å². The van der Waals surface area contributed by atoms with Crippen LogP contribution in [0, 0.1) is 17.5 Å². The standard InChI is InChI=1S/C18H17F3N2O5S/c1-3-28-16(25)9-15(24)11-8-13(21)18(29(26,27)4-2)23-17(11)22-14-6-5-10(19)7-12(14)20/h5-8H,3-4,9H2,1-2H3,(H,22,23). The molecule has 1 N–H and O–H groups in total. The van der Waals surface area contributed by atoms with Crippen LogP contribution in [0.5, 0.6) is 0 Å². The molecule has 0 spiro atoms. The topological polar surface area (TPSA) is 102 Å². The van der Waals surface area contributed by atoms with Crippen LogP contribution in [-0.4, -0.2) is 37.5 Å². The van der Waals surface area contributed by atoms with Crippen LogP contribution in [0.3, 0.4) is 0 Å². The van der Waals surface area contributed by atoms with Gasteiger partial charge in [0, 0.05) is 6.07 Å². The summed E-state index contributed by atoms with van der Waals surface area (Å²) in [6.45, 7) is 2.81. The lowest BCUT2D eigenvalue weighted by molar-refractivity contribution is -0.141. The van der Waals surface area contributed by atoms with Crippen molar-refractivity contribution in [2.75, 3.05) is 17.7 Å². The van der Waals surface area contributed by atoms with Crippen molar-refractivity contribution in [3.05, 3.63) is 47.3 Å².